The Labute approximate surface area is 79.0 Å². The second-order valence-corrected chi connectivity index (χ2v) is 3.73. The van der Waals surface area contributed by atoms with E-state index in [1.54, 1.807) is 0 Å². The van der Waals surface area contributed by atoms with Crippen molar-refractivity contribution in [3.63, 3.8) is 0 Å². The minimum Gasteiger partial charge on any atom is -0.370 e. The lowest BCUT2D eigenvalue weighted by atomic mass is 10.2. The SMILES string of the molecule is CSCCCCCCNC(=N)N. The molecule has 4 N–H and O–H groups in total. The molecule has 0 aliphatic carbocycles. The Morgan fingerprint density at radius 1 is 1.33 bits per heavy atom. The van der Waals surface area contributed by atoms with Crippen LogP contribution < -0.4 is 11.1 Å². The fraction of sp³-hybridized carbons (Fsp3) is 0.875. The molecule has 0 aromatic rings. The lowest BCUT2D eigenvalue weighted by Gasteiger charge is -2.02. The van der Waals surface area contributed by atoms with Crippen molar-refractivity contribution in [2.45, 2.75) is 25.7 Å². The summed E-state index contributed by atoms with van der Waals surface area (Å²) in [6, 6.07) is 0. The maximum atomic E-state index is 6.90. The van der Waals surface area contributed by atoms with Gasteiger partial charge in [0.15, 0.2) is 5.96 Å². The third-order valence-corrected chi connectivity index (χ3v) is 2.29. The smallest absolute Gasteiger partial charge is 0.185 e. The number of unbranched alkanes of at least 4 members (excludes halogenated alkanes) is 3. The zero-order chi connectivity index (χ0) is 9.23. The molecule has 0 amide bonds. The molecule has 0 aliphatic rings. The molecule has 72 valence electrons. The van der Waals surface area contributed by atoms with Gasteiger partial charge in [-0.3, -0.25) is 5.41 Å². The zero-order valence-electron chi connectivity index (χ0n) is 7.73. The van der Waals surface area contributed by atoms with Crippen LogP contribution >= 0.6 is 11.8 Å². The van der Waals surface area contributed by atoms with E-state index in [-0.39, 0.29) is 5.96 Å². The van der Waals surface area contributed by atoms with Crippen molar-refractivity contribution in [2.75, 3.05) is 18.6 Å². The summed E-state index contributed by atoms with van der Waals surface area (Å²) in [6.45, 7) is 0.842. The molecular weight excluding hydrogens is 170 g/mol. The number of guanidine groups is 1. The molecule has 0 heterocycles. The first-order valence-electron chi connectivity index (χ1n) is 4.34. The predicted molar refractivity (Wildman–Crippen MR) is 56.8 cm³/mol. The highest BCUT2D eigenvalue weighted by molar-refractivity contribution is 7.98. The van der Waals surface area contributed by atoms with E-state index in [1.165, 1.54) is 25.0 Å². The summed E-state index contributed by atoms with van der Waals surface area (Å²) in [6.07, 6.45) is 7.09. The largest absolute Gasteiger partial charge is 0.370 e. The molecule has 0 rings (SSSR count). The van der Waals surface area contributed by atoms with E-state index in [1.807, 2.05) is 11.8 Å². The minimum atomic E-state index is 0.0825. The van der Waals surface area contributed by atoms with Gasteiger partial charge >= 0.3 is 0 Å². The van der Waals surface area contributed by atoms with Gasteiger partial charge in [0.1, 0.15) is 0 Å². The highest BCUT2D eigenvalue weighted by atomic mass is 32.2. The second-order valence-electron chi connectivity index (χ2n) is 2.75. The molecule has 0 aromatic heterocycles. The van der Waals surface area contributed by atoms with E-state index in [2.05, 4.69) is 11.6 Å². The summed E-state index contributed by atoms with van der Waals surface area (Å²) in [4.78, 5) is 0. The first-order valence-corrected chi connectivity index (χ1v) is 5.73. The number of hydrogen-bond acceptors (Lipinski definition) is 2. The quantitative estimate of drug-likeness (QED) is 0.322. The van der Waals surface area contributed by atoms with Gasteiger partial charge in [-0.25, -0.2) is 0 Å². The van der Waals surface area contributed by atoms with Crippen molar-refractivity contribution in [1.29, 1.82) is 5.41 Å². The van der Waals surface area contributed by atoms with Crippen LogP contribution in [-0.2, 0) is 0 Å². The average Bonchev–Trinajstić information content (AvgIpc) is 2.02. The van der Waals surface area contributed by atoms with Gasteiger partial charge in [0.2, 0.25) is 0 Å². The van der Waals surface area contributed by atoms with Gasteiger partial charge in [-0.2, -0.15) is 11.8 Å². The van der Waals surface area contributed by atoms with Crippen LogP contribution in [0.5, 0.6) is 0 Å². The Kier molecular flexibility index (Phi) is 8.44. The Hall–Kier alpha value is -0.380. The molecule has 0 unspecified atom stereocenters. The molecule has 0 saturated carbocycles. The van der Waals surface area contributed by atoms with Crippen molar-refractivity contribution < 1.29 is 0 Å². The molecule has 12 heavy (non-hydrogen) atoms. The van der Waals surface area contributed by atoms with Gasteiger partial charge in [0, 0.05) is 6.54 Å². The van der Waals surface area contributed by atoms with Crippen LogP contribution in [0, 0.1) is 5.41 Å². The lowest BCUT2D eigenvalue weighted by molar-refractivity contribution is 0.655. The maximum absolute atomic E-state index is 6.90. The molecule has 0 radical (unpaired) electrons. The highest BCUT2D eigenvalue weighted by Crippen LogP contribution is 2.03. The Morgan fingerprint density at radius 2 is 2.00 bits per heavy atom. The Morgan fingerprint density at radius 3 is 2.58 bits per heavy atom. The van der Waals surface area contributed by atoms with Crippen LogP contribution in [0.15, 0.2) is 0 Å². The monoisotopic (exact) mass is 189 g/mol. The molecule has 0 saturated heterocycles. The molecule has 0 bridgehead atoms. The van der Waals surface area contributed by atoms with Crippen molar-refractivity contribution in [2.24, 2.45) is 5.73 Å². The van der Waals surface area contributed by atoms with E-state index < -0.39 is 0 Å². The van der Waals surface area contributed by atoms with Crippen LogP contribution in [0.2, 0.25) is 0 Å². The first-order chi connectivity index (χ1) is 5.77. The topological polar surface area (TPSA) is 61.9 Å². The van der Waals surface area contributed by atoms with Crippen LogP contribution in [0.3, 0.4) is 0 Å². The first kappa shape index (κ1) is 11.6. The molecule has 3 nitrogen and oxygen atoms in total. The van der Waals surface area contributed by atoms with E-state index >= 15 is 0 Å². The molecule has 0 spiro atoms. The standard InChI is InChI=1S/C8H19N3S/c1-12-7-5-3-2-4-6-11-8(9)10/h2-7H2,1H3,(H4,9,10,11). The summed E-state index contributed by atoms with van der Waals surface area (Å²) in [7, 11) is 0. The van der Waals surface area contributed by atoms with Gasteiger partial charge in [0.25, 0.3) is 0 Å². The van der Waals surface area contributed by atoms with Gasteiger partial charge in [-0.1, -0.05) is 12.8 Å². The third kappa shape index (κ3) is 9.62. The van der Waals surface area contributed by atoms with E-state index in [9.17, 15) is 0 Å². The number of nitrogens with one attached hydrogen (secondary N) is 2. The van der Waals surface area contributed by atoms with Gasteiger partial charge in [0.05, 0.1) is 0 Å². The summed E-state index contributed by atoms with van der Waals surface area (Å²) < 4.78 is 0. The highest BCUT2D eigenvalue weighted by Gasteiger charge is 1.90. The van der Waals surface area contributed by atoms with Crippen LogP contribution in [0.4, 0.5) is 0 Å². The number of thioether (sulfide) groups is 1. The van der Waals surface area contributed by atoms with Crippen LogP contribution in [-0.4, -0.2) is 24.5 Å². The summed E-state index contributed by atoms with van der Waals surface area (Å²) in [5.41, 5.74) is 5.12. The molecular formula is C8H19N3S. The predicted octanol–water partition coefficient (Wildman–Crippen LogP) is 1.39. The summed E-state index contributed by atoms with van der Waals surface area (Å²) >= 11 is 1.90. The van der Waals surface area contributed by atoms with Crippen molar-refractivity contribution in [1.82, 2.24) is 5.32 Å². The molecule has 0 atom stereocenters. The molecule has 0 aliphatic heterocycles. The lowest BCUT2D eigenvalue weighted by Crippen LogP contribution is -2.30. The number of nitrogens with two attached hydrogens (primary N) is 1. The van der Waals surface area contributed by atoms with Crippen molar-refractivity contribution in [3.8, 4) is 0 Å². The summed E-state index contributed by atoms with van der Waals surface area (Å²) in [5, 5.41) is 9.70. The fourth-order valence-corrected chi connectivity index (χ4v) is 1.44. The van der Waals surface area contributed by atoms with Crippen molar-refractivity contribution in [3.05, 3.63) is 0 Å². The van der Waals surface area contributed by atoms with E-state index in [4.69, 9.17) is 11.1 Å². The maximum Gasteiger partial charge on any atom is 0.185 e. The summed E-state index contributed by atoms with van der Waals surface area (Å²) in [5.74, 6) is 1.35. The van der Waals surface area contributed by atoms with Gasteiger partial charge in [-0.05, 0) is 24.9 Å². The van der Waals surface area contributed by atoms with Gasteiger partial charge in [-0.15, -0.1) is 0 Å². The van der Waals surface area contributed by atoms with Crippen LogP contribution in [0.1, 0.15) is 25.7 Å². The molecule has 0 fully saturated rings. The second kappa shape index (κ2) is 8.71. The Bertz CT molecular complexity index is 117. The molecule has 0 aromatic carbocycles. The normalized spacial score (nSPS) is 9.75. The van der Waals surface area contributed by atoms with E-state index in [0.717, 1.165) is 13.0 Å². The van der Waals surface area contributed by atoms with Crippen LogP contribution in [0.25, 0.3) is 0 Å². The van der Waals surface area contributed by atoms with Crippen molar-refractivity contribution >= 4 is 17.7 Å². The third-order valence-electron chi connectivity index (χ3n) is 1.59. The van der Waals surface area contributed by atoms with E-state index in [0.29, 0.717) is 0 Å². The average molecular weight is 189 g/mol. The zero-order valence-corrected chi connectivity index (χ0v) is 8.54. The molecule has 4 heteroatoms. The minimum absolute atomic E-state index is 0.0825. The number of hydrogen-bond donors (Lipinski definition) is 3. The fourth-order valence-electron chi connectivity index (χ4n) is 0.948. The number of rotatable bonds is 7. The van der Waals surface area contributed by atoms with Gasteiger partial charge < -0.3 is 11.1 Å². The Balaban J connectivity index is 2.86.